The molecule has 2 amide bonds. The van der Waals surface area contributed by atoms with Gasteiger partial charge in [-0.15, -0.1) is 0 Å². The van der Waals surface area contributed by atoms with Crippen molar-refractivity contribution >= 4 is 11.7 Å². The summed E-state index contributed by atoms with van der Waals surface area (Å²) in [5.74, 6) is 0.798. The topological polar surface area (TPSA) is 44.8 Å². The molecule has 1 aromatic carbocycles. The lowest BCUT2D eigenvalue weighted by Crippen LogP contribution is -2.47. The van der Waals surface area contributed by atoms with Crippen molar-refractivity contribution in [1.29, 1.82) is 0 Å². The Hall–Kier alpha value is -1.82. The molecule has 2 heterocycles. The molecule has 2 saturated heterocycles. The Morgan fingerprint density at radius 1 is 1.11 bits per heavy atom. The number of hydrogen-bond acceptors (Lipinski definition) is 3. The summed E-state index contributed by atoms with van der Waals surface area (Å²) in [5, 5.41) is 2.94. The van der Waals surface area contributed by atoms with E-state index in [1.807, 2.05) is 35.8 Å². The number of hydrogen-bond donors (Lipinski definition) is 1. The first-order chi connectivity index (χ1) is 12.8. The van der Waals surface area contributed by atoms with E-state index in [-0.39, 0.29) is 24.1 Å². The van der Waals surface area contributed by atoms with Gasteiger partial charge < -0.3 is 19.9 Å². The van der Waals surface area contributed by atoms with E-state index in [0.29, 0.717) is 37.2 Å². The van der Waals surface area contributed by atoms with E-state index >= 15 is 0 Å². The van der Waals surface area contributed by atoms with Gasteiger partial charge in [-0.1, -0.05) is 19.9 Å². The predicted octanol–water partition coefficient (Wildman–Crippen LogP) is 3.63. The molecule has 4 atom stereocenters. The molecule has 0 spiro atoms. The molecule has 0 aromatic heterocycles. The van der Waals surface area contributed by atoms with Crippen LogP contribution in [0.5, 0.6) is 0 Å². The Kier molecular flexibility index (Phi) is 6.25. The highest BCUT2D eigenvalue weighted by Crippen LogP contribution is 2.25. The fourth-order valence-corrected chi connectivity index (χ4v) is 4.41. The minimum absolute atomic E-state index is 0.0614. The van der Waals surface area contributed by atoms with Gasteiger partial charge in [0.25, 0.3) is 0 Å². The summed E-state index contributed by atoms with van der Waals surface area (Å²) in [5.41, 5.74) is 1.38. The van der Waals surface area contributed by atoms with Gasteiger partial charge in [-0.2, -0.15) is 0 Å². The largest absolute Gasteiger partial charge is 0.372 e. The number of halogens is 1. The Bertz CT molecular complexity index is 649. The second kappa shape index (κ2) is 8.46. The number of likely N-dealkylation sites (tertiary alicyclic amines) is 1. The lowest BCUT2D eigenvalue weighted by atomic mass is 9.92. The van der Waals surface area contributed by atoms with Crippen molar-refractivity contribution in [3.63, 3.8) is 0 Å². The van der Waals surface area contributed by atoms with E-state index in [4.69, 9.17) is 4.74 Å². The van der Waals surface area contributed by atoms with E-state index < -0.39 is 0 Å². The number of carbonyl (C=O) groups excluding carboxylic acids is 1. The van der Waals surface area contributed by atoms with E-state index in [2.05, 4.69) is 19.2 Å². The van der Waals surface area contributed by atoms with Crippen LogP contribution in [-0.2, 0) is 11.3 Å². The number of rotatable bonds is 3. The standard InChI is InChI=1S/C21H32FN3O2/c1-14-7-15(2)11-25(10-14)21(26)23-9-18-5-6-20(19(22)8-18)24-12-16(3)27-17(4)13-24/h5-6,8,14-17H,7,9-13H2,1-4H3,(H,23,26). The van der Waals surface area contributed by atoms with E-state index in [9.17, 15) is 9.18 Å². The van der Waals surface area contributed by atoms with Gasteiger partial charge in [0, 0.05) is 32.7 Å². The van der Waals surface area contributed by atoms with Crippen LogP contribution in [-0.4, -0.2) is 49.3 Å². The van der Waals surface area contributed by atoms with Crippen molar-refractivity contribution in [3.05, 3.63) is 29.6 Å². The van der Waals surface area contributed by atoms with Crippen LogP contribution in [0.3, 0.4) is 0 Å². The fraction of sp³-hybridized carbons (Fsp3) is 0.667. The van der Waals surface area contributed by atoms with Crippen molar-refractivity contribution in [1.82, 2.24) is 10.2 Å². The molecule has 6 heteroatoms. The SMILES string of the molecule is CC1CC(C)CN(C(=O)NCc2ccc(N3CC(C)OC(C)C3)c(F)c2)C1. The second-order valence-electron chi connectivity index (χ2n) is 8.46. The van der Waals surface area contributed by atoms with Gasteiger partial charge in [0.1, 0.15) is 5.82 Å². The van der Waals surface area contributed by atoms with Crippen molar-refractivity contribution in [2.75, 3.05) is 31.1 Å². The van der Waals surface area contributed by atoms with Crippen molar-refractivity contribution in [2.45, 2.75) is 52.9 Å². The number of nitrogens with zero attached hydrogens (tertiary/aromatic N) is 2. The first kappa shape index (κ1) is 19.9. The van der Waals surface area contributed by atoms with E-state index in [1.54, 1.807) is 0 Å². The lowest BCUT2D eigenvalue weighted by Gasteiger charge is -2.37. The third-order valence-corrected chi connectivity index (χ3v) is 5.37. The summed E-state index contributed by atoms with van der Waals surface area (Å²) in [7, 11) is 0. The highest BCUT2D eigenvalue weighted by Gasteiger charge is 2.26. The Morgan fingerprint density at radius 3 is 2.33 bits per heavy atom. The normalized spacial score (nSPS) is 28.9. The number of nitrogens with one attached hydrogen (secondary N) is 1. The average molecular weight is 378 g/mol. The smallest absolute Gasteiger partial charge is 0.317 e. The minimum Gasteiger partial charge on any atom is -0.372 e. The lowest BCUT2D eigenvalue weighted by molar-refractivity contribution is -0.00539. The quantitative estimate of drug-likeness (QED) is 0.875. The molecular formula is C21H32FN3O2. The molecule has 2 fully saturated rings. The van der Waals surface area contributed by atoms with Crippen LogP contribution in [0.25, 0.3) is 0 Å². The first-order valence-electron chi connectivity index (χ1n) is 10.0. The van der Waals surface area contributed by atoms with Crippen LogP contribution in [0.15, 0.2) is 18.2 Å². The van der Waals surface area contributed by atoms with Gasteiger partial charge in [-0.25, -0.2) is 9.18 Å². The van der Waals surface area contributed by atoms with Gasteiger partial charge in [0.05, 0.1) is 17.9 Å². The van der Waals surface area contributed by atoms with Crippen LogP contribution in [0.4, 0.5) is 14.9 Å². The summed E-state index contributed by atoms with van der Waals surface area (Å²) in [6, 6.07) is 5.17. The molecule has 4 unspecified atom stereocenters. The maximum atomic E-state index is 14.7. The zero-order valence-electron chi connectivity index (χ0n) is 16.9. The van der Waals surface area contributed by atoms with Crippen molar-refractivity contribution < 1.29 is 13.9 Å². The van der Waals surface area contributed by atoms with Crippen LogP contribution in [0, 0.1) is 17.7 Å². The van der Waals surface area contributed by atoms with Crippen LogP contribution in [0.2, 0.25) is 0 Å². The zero-order chi connectivity index (χ0) is 19.6. The Balaban J connectivity index is 1.58. The van der Waals surface area contributed by atoms with Gasteiger partial charge in [-0.05, 0) is 49.8 Å². The Morgan fingerprint density at radius 2 is 1.74 bits per heavy atom. The molecule has 27 heavy (non-hydrogen) atoms. The number of morpholine rings is 1. The van der Waals surface area contributed by atoms with Gasteiger partial charge in [0.15, 0.2) is 0 Å². The summed E-state index contributed by atoms with van der Waals surface area (Å²) in [4.78, 5) is 16.3. The molecule has 0 aliphatic carbocycles. The number of amides is 2. The number of anilines is 1. The summed E-state index contributed by atoms with van der Waals surface area (Å²) in [6.45, 7) is 11.7. The van der Waals surface area contributed by atoms with Crippen LogP contribution in [0.1, 0.15) is 39.7 Å². The number of carbonyl (C=O) groups is 1. The monoisotopic (exact) mass is 377 g/mol. The zero-order valence-corrected chi connectivity index (χ0v) is 16.9. The third-order valence-electron chi connectivity index (χ3n) is 5.37. The molecule has 150 valence electrons. The number of benzene rings is 1. The second-order valence-corrected chi connectivity index (χ2v) is 8.46. The fourth-order valence-electron chi connectivity index (χ4n) is 4.41. The molecular weight excluding hydrogens is 345 g/mol. The van der Waals surface area contributed by atoms with Crippen LogP contribution >= 0.6 is 0 Å². The number of piperidine rings is 1. The molecule has 2 aliphatic rings. The molecule has 5 nitrogen and oxygen atoms in total. The maximum Gasteiger partial charge on any atom is 0.317 e. The number of ether oxygens (including phenoxy) is 1. The summed E-state index contributed by atoms with van der Waals surface area (Å²) >= 11 is 0. The summed E-state index contributed by atoms with van der Waals surface area (Å²) < 4.78 is 20.4. The highest BCUT2D eigenvalue weighted by molar-refractivity contribution is 5.74. The Labute approximate surface area is 161 Å². The predicted molar refractivity (Wildman–Crippen MR) is 105 cm³/mol. The minimum atomic E-state index is -0.247. The highest BCUT2D eigenvalue weighted by atomic mass is 19.1. The molecule has 2 aliphatic heterocycles. The summed E-state index contributed by atoms with van der Waals surface area (Å²) in [6.07, 6.45) is 1.33. The molecule has 1 aromatic rings. The van der Waals surface area contributed by atoms with Gasteiger partial charge in [0.2, 0.25) is 0 Å². The molecule has 0 radical (unpaired) electrons. The molecule has 0 bridgehead atoms. The van der Waals surface area contributed by atoms with E-state index in [0.717, 1.165) is 25.1 Å². The third kappa shape index (κ3) is 5.12. The molecule has 0 saturated carbocycles. The number of urea groups is 1. The van der Waals surface area contributed by atoms with Gasteiger partial charge in [-0.3, -0.25) is 0 Å². The maximum absolute atomic E-state index is 14.7. The molecule has 1 N–H and O–H groups in total. The van der Waals surface area contributed by atoms with Gasteiger partial charge >= 0.3 is 6.03 Å². The van der Waals surface area contributed by atoms with E-state index in [1.165, 1.54) is 6.07 Å². The first-order valence-corrected chi connectivity index (χ1v) is 10.0. The molecule has 3 rings (SSSR count). The average Bonchev–Trinajstić information content (AvgIpc) is 2.58. The van der Waals surface area contributed by atoms with Crippen molar-refractivity contribution in [2.24, 2.45) is 11.8 Å². The van der Waals surface area contributed by atoms with Crippen molar-refractivity contribution in [3.8, 4) is 0 Å². The van der Waals surface area contributed by atoms with Crippen LogP contribution < -0.4 is 10.2 Å².